The molecule has 118 valence electrons. The van der Waals surface area contributed by atoms with Crippen molar-refractivity contribution in [1.82, 2.24) is 4.90 Å². The van der Waals surface area contributed by atoms with E-state index >= 15 is 0 Å². The minimum atomic E-state index is 0.262. The Morgan fingerprint density at radius 3 is 2.09 bits per heavy atom. The van der Waals surface area contributed by atoms with E-state index in [0.29, 0.717) is 11.8 Å². The third kappa shape index (κ3) is 2.72. The summed E-state index contributed by atoms with van der Waals surface area (Å²) < 4.78 is 0. The highest BCUT2D eigenvalue weighted by atomic mass is 16.1. The number of carbonyl (C=O) groups is 1. The topological polar surface area (TPSA) is 20.3 Å². The first-order valence-electron chi connectivity index (χ1n) is 8.73. The molecule has 0 bridgehead atoms. The molecule has 2 aromatic rings. The van der Waals surface area contributed by atoms with Gasteiger partial charge in [0.25, 0.3) is 0 Å². The molecule has 2 fully saturated rings. The Morgan fingerprint density at radius 2 is 1.48 bits per heavy atom. The summed E-state index contributed by atoms with van der Waals surface area (Å²) in [4.78, 5) is 14.9. The van der Waals surface area contributed by atoms with E-state index in [1.165, 1.54) is 11.1 Å². The highest BCUT2D eigenvalue weighted by Crippen LogP contribution is 2.41. The van der Waals surface area contributed by atoms with Crippen molar-refractivity contribution in [1.29, 1.82) is 0 Å². The average molecular weight is 305 g/mol. The van der Waals surface area contributed by atoms with E-state index in [1.807, 2.05) is 0 Å². The Hall–Kier alpha value is -1.93. The Kier molecular flexibility index (Phi) is 4.00. The lowest BCUT2D eigenvalue weighted by Crippen LogP contribution is -2.40. The molecule has 0 aromatic heterocycles. The largest absolute Gasteiger partial charge is 0.299 e. The van der Waals surface area contributed by atoms with Gasteiger partial charge in [-0.05, 0) is 30.4 Å². The first-order valence-corrected chi connectivity index (χ1v) is 8.73. The lowest BCUT2D eigenvalue weighted by atomic mass is 9.83. The van der Waals surface area contributed by atoms with E-state index < -0.39 is 0 Å². The maximum Gasteiger partial charge on any atom is 0.137 e. The van der Waals surface area contributed by atoms with Gasteiger partial charge in [0.2, 0.25) is 0 Å². The van der Waals surface area contributed by atoms with E-state index in [-0.39, 0.29) is 12.0 Å². The zero-order chi connectivity index (χ0) is 15.6. The van der Waals surface area contributed by atoms with Crippen LogP contribution in [0.3, 0.4) is 0 Å². The first kappa shape index (κ1) is 14.6. The van der Waals surface area contributed by atoms with Crippen molar-refractivity contribution in [2.45, 2.75) is 37.8 Å². The van der Waals surface area contributed by atoms with Crippen molar-refractivity contribution in [2.75, 3.05) is 6.54 Å². The number of benzene rings is 2. The standard InChI is InChI=1S/C21H23NO/c23-20-13-7-12-19-18(20)14-15-22(19)21(16-8-3-1-4-9-16)17-10-5-2-6-11-17/h1-6,8-11,18-19,21H,7,12-15H2/t18-,19-/m1/s1. The van der Waals surface area contributed by atoms with Gasteiger partial charge in [-0.1, -0.05) is 60.7 Å². The second-order valence-electron chi connectivity index (χ2n) is 6.78. The third-order valence-corrected chi connectivity index (χ3v) is 5.49. The molecule has 4 rings (SSSR count). The Labute approximate surface area is 138 Å². The summed E-state index contributed by atoms with van der Waals surface area (Å²) in [7, 11) is 0. The predicted octanol–water partition coefficient (Wildman–Crippen LogP) is 4.22. The van der Waals surface area contributed by atoms with Gasteiger partial charge in [-0.2, -0.15) is 0 Å². The highest BCUT2D eigenvalue weighted by Gasteiger charge is 2.43. The Bertz CT molecular complexity index is 627. The number of Topliss-reactive ketones (excluding diaryl/α,β-unsaturated/α-hetero) is 1. The zero-order valence-corrected chi connectivity index (χ0v) is 13.4. The molecular formula is C21H23NO. The Balaban J connectivity index is 1.73. The van der Waals surface area contributed by atoms with Gasteiger partial charge in [-0.3, -0.25) is 9.69 Å². The molecule has 2 heteroatoms. The summed E-state index contributed by atoms with van der Waals surface area (Å²) in [6, 6.07) is 22.2. The highest BCUT2D eigenvalue weighted by molar-refractivity contribution is 5.82. The lowest BCUT2D eigenvalue weighted by molar-refractivity contribution is -0.125. The maximum absolute atomic E-state index is 12.3. The van der Waals surface area contributed by atoms with Crippen LogP contribution in [0.15, 0.2) is 60.7 Å². The van der Waals surface area contributed by atoms with Crippen molar-refractivity contribution in [3.8, 4) is 0 Å². The zero-order valence-electron chi connectivity index (χ0n) is 13.4. The molecule has 2 aliphatic rings. The van der Waals surface area contributed by atoms with Gasteiger partial charge in [-0.15, -0.1) is 0 Å². The number of likely N-dealkylation sites (tertiary alicyclic amines) is 1. The van der Waals surface area contributed by atoms with Crippen LogP contribution in [0.4, 0.5) is 0 Å². The van der Waals surface area contributed by atoms with Crippen LogP contribution in [0.25, 0.3) is 0 Å². The molecule has 1 saturated carbocycles. The number of carbonyl (C=O) groups excluding carboxylic acids is 1. The van der Waals surface area contributed by atoms with Crippen LogP contribution < -0.4 is 0 Å². The monoisotopic (exact) mass is 305 g/mol. The fourth-order valence-electron chi connectivity index (χ4n) is 4.46. The fourth-order valence-corrected chi connectivity index (χ4v) is 4.46. The average Bonchev–Trinajstić information content (AvgIpc) is 3.03. The molecule has 1 heterocycles. The molecule has 1 saturated heterocycles. The van der Waals surface area contributed by atoms with Gasteiger partial charge in [0, 0.05) is 24.9 Å². The van der Waals surface area contributed by atoms with Crippen LogP contribution in [-0.2, 0) is 4.79 Å². The van der Waals surface area contributed by atoms with Crippen LogP contribution in [0, 0.1) is 5.92 Å². The quantitative estimate of drug-likeness (QED) is 0.846. The second-order valence-corrected chi connectivity index (χ2v) is 6.78. The molecule has 1 aliphatic carbocycles. The smallest absolute Gasteiger partial charge is 0.137 e. The summed E-state index contributed by atoms with van der Waals surface area (Å²) >= 11 is 0. The molecule has 23 heavy (non-hydrogen) atoms. The molecule has 1 aliphatic heterocycles. The minimum absolute atomic E-state index is 0.262. The molecular weight excluding hydrogens is 282 g/mol. The summed E-state index contributed by atoms with van der Waals surface area (Å²) in [5.41, 5.74) is 2.66. The van der Waals surface area contributed by atoms with Gasteiger partial charge in [0.15, 0.2) is 0 Å². The van der Waals surface area contributed by atoms with Gasteiger partial charge in [-0.25, -0.2) is 0 Å². The molecule has 0 spiro atoms. The van der Waals surface area contributed by atoms with Crippen LogP contribution in [0.1, 0.15) is 42.9 Å². The fraction of sp³-hybridized carbons (Fsp3) is 0.381. The number of nitrogens with zero attached hydrogens (tertiary/aromatic N) is 1. The molecule has 0 amide bonds. The lowest BCUT2D eigenvalue weighted by Gasteiger charge is -2.37. The van der Waals surface area contributed by atoms with Crippen LogP contribution >= 0.6 is 0 Å². The van der Waals surface area contributed by atoms with Crippen molar-refractivity contribution in [3.05, 3.63) is 71.8 Å². The van der Waals surface area contributed by atoms with Crippen molar-refractivity contribution < 1.29 is 4.79 Å². The van der Waals surface area contributed by atoms with Crippen molar-refractivity contribution in [2.24, 2.45) is 5.92 Å². The van der Waals surface area contributed by atoms with E-state index in [4.69, 9.17) is 0 Å². The molecule has 2 atom stereocenters. The number of hydrogen-bond donors (Lipinski definition) is 0. The molecule has 2 nitrogen and oxygen atoms in total. The van der Waals surface area contributed by atoms with Crippen molar-refractivity contribution >= 4 is 5.78 Å². The number of fused-ring (bicyclic) bond motifs is 1. The van der Waals surface area contributed by atoms with E-state index in [0.717, 1.165) is 32.2 Å². The summed E-state index contributed by atoms with van der Waals surface area (Å²) in [5.74, 6) is 0.752. The number of rotatable bonds is 3. The third-order valence-electron chi connectivity index (χ3n) is 5.49. The van der Waals surface area contributed by atoms with Crippen LogP contribution in [0.5, 0.6) is 0 Å². The van der Waals surface area contributed by atoms with E-state index in [1.54, 1.807) is 0 Å². The first-order chi connectivity index (χ1) is 11.3. The van der Waals surface area contributed by atoms with Gasteiger partial charge in [0.05, 0.1) is 6.04 Å². The number of ketones is 1. The summed E-state index contributed by atoms with van der Waals surface area (Å²) in [5, 5.41) is 0. The summed E-state index contributed by atoms with van der Waals surface area (Å²) in [6.07, 6.45) is 4.02. The molecule has 0 radical (unpaired) electrons. The number of hydrogen-bond acceptors (Lipinski definition) is 2. The van der Waals surface area contributed by atoms with Gasteiger partial charge >= 0.3 is 0 Å². The molecule has 0 unspecified atom stereocenters. The predicted molar refractivity (Wildman–Crippen MR) is 92.2 cm³/mol. The second kappa shape index (κ2) is 6.29. The molecule has 0 N–H and O–H groups in total. The minimum Gasteiger partial charge on any atom is -0.299 e. The summed E-state index contributed by atoms with van der Waals surface area (Å²) in [6.45, 7) is 1.02. The van der Waals surface area contributed by atoms with Crippen LogP contribution in [-0.4, -0.2) is 23.3 Å². The molecule has 2 aromatic carbocycles. The van der Waals surface area contributed by atoms with Gasteiger partial charge in [0.1, 0.15) is 5.78 Å². The van der Waals surface area contributed by atoms with E-state index in [2.05, 4.69) is 65.6 Å². The van der Waals surface area contributed by atoms with Crippen LogP contribution in [0.2, 0.25) is 0 Å². The normalized spacial score (nSPS) is 24.8. The van der Waals surface area contributed by atoms with Crippen molar-refractivity contribution in [3.63, 3.8) is 0 Å². The maximum atomic E-state index is 12.3. The Morgan fingerprint density at radius 1 is 0.870 bits per heavy atom. The van der Waals surface area contributed by atoms with E-state index in [9.17, 15) is 4.79 Å². The van der Waals surface area contributed by atoms with Gasteiger partial charge < -0.3 is 0 Å². The SMILES string of the molecule is O=C1CCC[C@@H]2[C@H]1CCN2C(c1ccccc1)c1ccccc1.